The first-order chi connectivity index (χ1) is 12.5. The molecule has 2 aliphatic rings. The SMILES string of the molecule is O=S(=O)(c1cccc(F)c1)N1CCN(C2CC2)CC1Cc1ccccc1. The second-order valence-electron chi connectivity index (χ2n) is 7.14. The van der Waals surface area contributed by atoms with Crippen LogP contribution >= 0.6 is 0 Å². The number of halogens is 1. The summed E-state index contributed by atoms with van der Waals surface area (Å²) in [5.41, 5.74) is 1.12. The van der Waals surface area contributed by atoms with Crippen molar-refractivity contribution >= 4 is 10.0 Å². The van der Waals surface area contributed by atoms with E-state index in [4.69, 9.17) is 0 Å². The predicted octanol–water partition coefficient (Wildman–Crippen LogP) is 2.91. The molecule has 0 N–H and O–H groups in total. The normalized spacial score (nSPS) is 22.4. The molecule has 2 aromatic carbocycles. The molecule has 1 saturated carbocycles. The van der Waals surface area contributed by atoms with Crippen LogP contribution in [0.25, 0.3) is 0 Å². The second-order valence-corrected chi connectivity index (χ2v) is 9.03. The molecular formula is C20H23FN2O2S. The molecule has 6 heteroatoms. The Morgan fingerprint density at radius 2 is 1.77 bits per heavy atom. The highest BCUT2D eigenvalue weighted by atomic mass is 32.2. The Kier molecular flexibility index (Phi) is 4.82. The van der Waals surface area contributed by atoms with E-state index in [2.05, 4.69) is 4.90 Å². The summed E-state index contributed by atoms with van der Waals surface area (Å²) in [4.78, 5) is 2.45. The van der Waals surface area contributed by atoms with Crippen molar-refractivity contribution in [2.24, 2.45) is 0 Å². The van der Waals surface area contributed by atoms with Gasteiger partial charge in [0.1, 0.15) is 5.82 Å². The molecule has 1 aliphatic heterocycles. The number of piperazine rings is 1. The topological polar surface area (TPSA) is 40.6 Å². The van der Waals surface area contributed by atoms with Gasteiger partial charge in [0, 0.05) is 31.7 Å². The number of sulfonamides is 1. The van der Waals surface area contributed by atoms with Gasteiger partial charge in [-0.2, -0.15) is 4.31 Å². The zero-order valence-electron chi connectivity index (χ0n) is 14.6. The van der Waals surface area contributed by atoms with Gasteiger partial charge >= 0.3 is 0 Å². The fraction of sp³-hybridized carbons (Fsp3) is 0.400. The zero-order chi connectivity index (χ0) is 18.1. The van der Waals surface area contributed by atoms with Crippen molar-refractivity contribution in [2.75, 3.05) is 19.6 Å². The fourth-order valence-electron chi connectivity index (χ4n) is 3.77. The summed E-state index contributed by atoms with van der Waals surface area (Å²) in [6, 6.07) is 15.7. The van der Waals surface area contributed by atoms with E-state index in [9.17, 15) is 12.8 Å². The molecule has 1 unspecified atom stereocenters. The predicted molar refractivity (Wildman–Crippen MR) is 98.8 cm³/mol. The first-order valence-corrected chi connectivity index (χ1v) is 10.5. The van der Waals surface area contributed by atoms with Crippen molar-refractivity contribution in [1.82, 2.24) is 9.21 Å². The lowest BCUT2D eigenvalue weighted by Gasteiger charge is -2.41. The Labute approximate surface area is 154 Å². The summed E-state index contributed by atoms with van der Waals surface area (Å²) < 4.78 is 41.5. The average Bonchev–Trinajstić information content (AvgIpc) is 3.47. The summed E-state index contributed by atoms with van der Waals surface area (Å²) in [7, 11) is -3.72. The summed E-state index contributed by atoms with van der Waals surface area (Å²) >= 11 is 0. The fourth-order valence-corrected chi connectivity index (χ4v) is 5.40. The van der Waals surface area contributed by atoms with Crippen LogP contribution < -0.4 is 0 Å². The van der Waals surface area contributed by atoms with Crippen molar-refractivity contribution in [3.8, 4) is 0 Å². The Balaban J connectivity index is 1.63. The van der Waals surface area contributed by atoms with Crippen LogP contribution in [0.2, 0.25) is 0 Å². The molecule has 0 bridgehead atoms. The van der Waals surface area contributed by atoms with Crippen molar-refractivity contribution in [1.29, 1.82) is 0 Å². The Morgan fingerprint density at radius 3 is 2.46 bits per heavy atom. The van der Waals surface area contributed by atoms with Gasteiger partial charge in [-0.05, 0) is 43.0 Å². The molecule has 0 spiro atoms. The summed E-state index contributed by atoms with van der Waals surface area (Å²) in [5.74, 6) is -0.526. The molecule has 4 rings (SSSR count). The first kappa shape index (κ1) is 17.6. The van der Waals surface area contributed by atoms with Gasteiger partial charge in [-0.25, -0.2) is 12.8 Å². The van der Waals surface area contributed by atoms with E-state index in [1.54, 1.807) is 4.31 Å². The van der Waals surface area contributed by atoms with Gasteiger partial charge < -0.3 is 0 Å². The van der Waals surface area contributed by atoms with Crippen LogP contribution in [0.3, 0.4) is 0 Å². The monoisotopic (exact) mass is 374 g/mol. The summed E-state index contributed by atoms with van der Waals surface area (Å²) in [6.07, 6.45) is 3.07. The Bertz CT molecular complexity index is 868. The minimum Gasteiger partial charge on any atom is -0.297 e. The standard InChI is InChI=1S/C20H23FN2O2S/c21-17-7-4-8-20(14-17)26(24,25)23-12-11-22(18-9-10-18)15-19(23)13-16-5-2-1-3-6-16/h1-8,14,18-19H,9-13,15H2. The average molecular weight is 374 g/mol. The zero-order valence-corrected chi connectivity index (χ0v) is 15.4. The van der Waals surface area contributed by atoms with Crippen LogP contribution in [0, 0.1) is 5.82 Å². The molecule has 0 amide bonds. The lowest BCUT2D eigenvalue weighted by molar-refractivity contribution is 0.128. The van der Waals surface area contributed by atoms with E-state index in [0.29, 0.717) is 19.0 Å². The smallest absolute Gasteiger partial charge is 0.243 e. The van der Waals surface area contributed by atoms with Crippen LogP contribution in [0.5, 0.6) is 0 Å². The molecule has 0 radical (unpaired) electrons. The molecule has 1 saturated heterocycles. The highest BCUT2D eigenvalue weighted by Gasteiger charge is 2.40. The number of hydrogen-bond acceptors (Lipinski definition) is 3. The van der Waals surface area contributed by atoms with E-state index in [1.807, 2.05) is 30.3 Å². The third kappa shape index (κ3) is 3.68. The van der Waals surface area contributed by atoms with E-state index >= 15 is 0 Å². The van der Waals surface area contributed by atoms with Gasteiger partial charge in [0.25, 0.3) is 0 Å². The summed E-state index contributed by atoms with van der Waals surface area (Å²) in [6.45, 7) is 1.92. The number of benzene rings is 2. The highest BCUT2D eigenvalue weighted by Crippen LogP contribution is 2.31. The Morgan fingerprint density at radius 1 is 1.00 bits per heavy atom. The molecule has 1 atom stereocenters. The van der Waals surface area contributed by atoms with Gasteiger partial charge in [0.15, 0.2) is 0 Å². The van der Waals surface area contributed by atoms with Crippen molar-refractivity contribution in [2.45, 2.75) is 36.2 Å². The van der Waals surface area contributed by atoms with Crippen molar-refractivity contribution < 1.29 is 12.8 Å². The molecule has 4 nitrogen and oxygen atoms in total. The van der Waals surface area contributed by atoms with Gasteiger partial charge in [-0.1, -0.05) is 36.4 Å². The van der Waals surface area contributed by atoms with Crippen LogP contribution in [-0.2, 0) is 16.4 Å². The third-order valence-electron chi connectivity index (χ3n) is 5.24. The largest absolute Gasteiger partial charge is 0.297 e. The summed E-state index contributed by atoms with van der Waals surface area (Å²) in [5, 5.41) is 0. The lowest BCUT2D eigenvalue weighted by atomic mass is 10.0. The number of rotatable bonds is 5. The molecule has 1 heterocycles. The minimum atomic E-state index is -3.72. The molecular weight excluding hydrogens is 351 g/mol. The maximum Gasteiger partial charge on any atom is 0.243 e. The lowest BCUT2D eigenvalue weighted by Crippen LogP contribution is -2.56. The van der Waals surface area contributed by atoms with Crippen molar-refractivity contribution in [3.05, 3.63) is 66.0 Å². The molecule has 26 heavy (non-hydrogen) atoms. The second kappa shape index (κ2) is 7.10. The minimum absolute atomic E-state index is 0.0374. The third-order valence-corrected chi connectivity index (χ3v) is 7.19. The van der Waals surface area contributed by atoms with E-state index in [-0.39, 0.29) is 10.9 Å². The maximum absolute atomic E-state index is 13.6. The van der Waals surface area contributed by atoms with E-state index in [0.717, 1.165) is 24.7 Å². The van der Waals surface area contributed by atoms with Crippen LogP contribution in [0.15, 0.2) is 59.5 Å². The van der Waals surface area contributed by atoms with Crippen molar-refractivity contribution in [3.63, 3.8) is 0 Å². The van der Waals surface area contributed by atoms with Gasteiger partial charge in [-0.15, -0.1) is 0 Å². The van der Waals surface area contributed by atoms with Gasteiger partial charge in [0.2, 0.25) is 10.0 Å². The van der Waals surface area contributed by atoms with Gasteiger partial charge in [-0.3, -0.25) is 4.90 Å². The van der Waals surface area contributed by atoms with Crippen LogP contribution in [0.1, 0.15) is 18.4 Å². The highest BCUT2D eigenvalue weighted by molar-refractivity contribution is 7.89. The Hall–Kier alpha value is -1.76. The first-order valence-electron chi connectivity index (χ1n) is 9.09. The van der Waals surface area contributed by atoms with Crippen LogP contribution in [-0.4, -0.2) is 49.3 Å². The molecule has 0 aromatic heterocycles. The molecule has 138 valence electrons. The molecule has 2 aromatic rings. The van der Waals surface area contributed by atoms with Gasteiger partial charge in [0.05, 0.1) is 4.90 Å². The number of nitrogens with zero attached hydrogens (tertiary/aromatic N) is 2. The molecule has 2 fully saturated rings. The van der Waals surface area contributed by atoms with E-state index < -0.39 is 15.8 Å². The maximum atomic E-state index is 13.6. The molecule has 1 aliphatic carbocycles. The quantitative estimate of drug-likeness (QED) is 0.808. The van der Waals surface area contributed by atoms with E-state index in [1.165, 1.54) is 31.0 Å². The number of hydrogen-bond donors (Lipinski definition) is 0. The van der Waals surface area contributed by atoms with Crippen LogP contribution in [0.4, 0.5) is 4.39 Å².